The van der Waals surface area contributed by atoms with Gasteiger partial charge in [0.05, 0.1) is 12.5 Å². The van der Waals surface area contributed by atoms with Crippen molar-refractivity contribution < 1.29 is 0 Å². The molecular weight excluding hydrogens is 198 g/mol. The van der Waals surface area contributed by atoms with Crippen molar-refractivity contribution in [3.05, 3.63) is 47.2 Å². The third-order valence-electron chi connectivity index (χ3n) is 1.88. The highest BCUT2D eigenvalue weighted by Crippen LogP contribution is 2.16. The van der Waals surface area contributed by atoms with Crippen LogP contribution in [0.25, 0.3) is 5.57 Å². The van der Waals surface area contributed by atoms with E-state index in [2.05, 4.69) is 5.73 Å². The number of rotatable bonds is 2. The van der Waals surface area contributed by atoms with E-state index in [1.807, 2.05) is 36.4 Å². The number of allylic oxidation sites excluding steroid dienone is 1. The molecule has 0 aliphatic rings. The molecule has 0 saturated carbocycles. The van der Waals surface area contributed by atoms with E-state index in [4.69, 9.17) is 15.8 Å². The number of nitrogens with zero attached hydrogens (tertiary/aromatic N) is 3. The SMILES string of the molecule is N#CCC(=C=C(C#N)C#N)c1ccccc1. The van der Waals surface area contributed by atoms with E-state index >= 15 is 0 Å². The minimum atomic E-state index is -0.117. The number of benzene rings is 1. The molecular formula is C13H7N3. The summed E-state index contributed by atoms with van der Waals surface area (Å²) in [5, 5.41) is 25.9. The van der Waals surface area contributed by atoms with Crippen molar-refractivity contribution in [1.82, 2.24) is 0 Å². The van der Waals surface area contributed by atoms with Crippen LogP contribution in [0.4, 0.5) is 0 Å². The largest absolute Gasteiger partial charge is 0.198 e. The van der Waals surface area contributed by atoms with Crippen molar-refractivity contribution in [3.8, 4) is 18.2 Å². The molecule has 0 bridgehead atoms. The zero-order chi connectivity index (χ0) is 11.8. The monoisotopic (exact) mass is 205 g/mol. The zero-order valence-electron chi connectivity index (χ0n) is 8.44. The maximum Gasteiger partial charge on any atom is 0.171 e. The molecule has 3 nitrogen and oxygen atoms in total. The summed E-state index contributed by atoms with van der Waals surface area (Å²) in [4.78, 5) is 0. The molecule has 0 fully saturated rings. The van der Waals surface area contributed by atoms with E-state index in [9.17, 15) is 0 Å². The van der Waals surface area contributed by atoms with Gasteiger partial charge in [-0.3, -0.25) is 0 Å². The molecule has 0 radical (unpaired) electrons. The second kappa shape index (κ2) is 5.84. The van der Waals surface area contributed by atoms with Gasteiger partial charge in [0, 0.05) is 5.57 Å². The standard InChI is InChI=1S/C13H7N3/c14-7-6-13(8-11(9-15)10-16)12-4-2-1-3-5-12/h1-5H,6H2. The normalized spacial score (nSPS) is 7.81. The lowest BCUT2D eigenvalue weighted by molar-refractivity contribution is 1.35. The molecule has 0 saturated heterocycles. The minimum absolute atomic E-state index is 0.117. The molecule has 0 aliphatic carbocycles. The molecule has 1 rings (SSSR count). The maximum atomic E-state index is 8.67. The van der Waals surface area contributed by atoms with E-state index < -0.39 is 0 Å². The zero-order valence-corrected chi connectivity index (χ0v) is 8.44. The van der Waals surface area contributed by atoms with Gasteiger partial charge in [-0.05, 0) is 5.56 Å². The number of hydrogen-bond donors (Lipinski definition) is 0. The Bertz CT molecular complexity index is 540. The summed E-state index contributed by atoms with van der Waals surface area (Å²) in [5.74, 6) is 0. The lowest BCUT2D eigenvalue weighted by atomic mass is 10.0. The van der Waals surface area contributed by atoms with Crippen LogP contribution in [0, 0.1) is 34.0 Å². The van der Waals surface area contributed by atoms with Crippen molar-refractivity contribution in [1.29, 1.82) is 15.8 Å². The molecule has 3 heteroatoms. The lowest BCUT2D eigenvalue weighted by Crippen LogP contribution is -1.82. The Balaban J connectivity index is 3.34. The quantitative estimate of drug-likeness (QED) is 0.550. The van der Waals surface area contributed by atoms with E-state index in [0.29, 0.717) is 5.57 Å². The highest BCUT2D eigenvalue weighted by molar-refractivity contribution is 5.68. The van der Waals surface area contributed by atoms with Gasteiger partial charge < -0.3 is 0 Å². The molecule has 0 heterocycles. The van der Waals surface area contributed by atoms with Gasteiger partial charge in [0.15, 0.2) is 5.57 Å². The fourth-order valence-electron chi connectivity index (χ4n) is 1.17. The highest BCUT2D eigenvalue weighted by Gasteiger charge is 2.00. The molecule has 0 amide bonds. The van der Waals surface area contributed by atoms with E-state index in [-0.39, 0.29) is 12.0 Å². The molecule has 0 N–H and O–H groups in total. The Kier molecular flexibility index (Phi) is 4.12. The minimum Gasteiger partial charge on any atom is -0.198 e. The third-order valence-corrected chi connectivity index (χ3v) is 1.88. The summed E-state index contributed by atoms with van der Waals surface area (Å²) >= 11 is 0. The first kappa shape index (κ1) is 11.3. The molecule has 0 spiro atoms. The fraction of sp³-hybridized carbons (Fsp3) is 0.0769. The van der Waals surface area contributed by atoms with E-state index in [1.54, 1.807) is 12.1 Å². The summed E-state index contributed by atoms with van der Waals surface area (Å²) in [7, 11) is 0. The van der Waals surface area contributed by atoms with Gasteiger partial charge in [-0.25, -0.2) is 0 Å². The van der Waals surface area contributed by atoms with Gasteiger partial charge in [0.1, 0.15) is 12.1 Å². The van der Waals surface area contributed by atoms with Crippen molar-refractivity contribution >= 4 is 5.57 Å². The predicted octanol–water partition coefficient (Wildman–Crippen LogP) is 2.56. The summed E-state index contributed by atoms with van der Waals surface area (Å²) in [5.41, 5.74) is 3.90. The topological polar surface area (TPSA) is 71.4 Å². The summed E-state index contributed by atoms with van der Waals surface area (Å²) in [6.07, 6.45) is 0.122. The van der Waals surface area contributed by atoms with E-state index in [0.717, 1.165) is 5.56 Å². The van der Waals surface area contributed by atoms with Crippen LogP contribution in [0.15, 0.2) is 41.6 Å². The smallest absolute Gasteiger partial charge is 0.171 e. The van der Waals surface area contributed by atoms with Gasteiger partial charge in [-0.15, -0.1) is 0 Å². The maximum absolute atomic E-state index is 8.67. The number of nitriles is 3. The van der Waals surface area contributed by atoms with Crippen molar-refractivity contribution in [3.63, 3.8) is 0 Å². The summed E-state index contributed by atoms with van der Waals surface area (Å²) in [6, 6.07) is 14.6. The van der Waals surface area contributed by atoms with Crippen molar-refractivity contribution in [2.45, 2.75) is 6.42 Å². The first-order chi connectivity index (χ1) is 7.81. The second-order valence-corrected chi connectivity index (χ2v) is 2.90. The Morgan fingerprint density at radius 3 is 2.12 bits per heavy atom. The molecule has 0 atom stereocenters. The van der Waals surface area contributed by atoms with Gasteiger partial charge in [0.25, 0.3) is 0 Å². The van der Waals surface area contributed by atoms with Crippen LogP contribution < -0.4 is 0 Å². The lowest BCUT2D eigenvalue weighted by Gasteiger charge is -1.98. The number of hydrogen-bond acceptors (Lipinski definition) is 3. The second-order valence-electron chi connectivity index (χ2n) is 2.90. The Hall–Kier alpha value is -2.79. The average molecular weight is 205 g/mol. The van der Waals surface area contributed by atoms with Crippen molar-refractivity contribution in [2.24, 2.45) is 0 Å². The van der Waals surface area contributed by atoms with Gasteiger partial charge in [-0.2, -0.15) is 15.8 Å². The summed E-state index contributed by atoms with van der Waals surface area (Å²) < 4.78 is 0. The molecule has 1 aromatic rings. The Morgan fingerprint density at radius 2 is 1.62 bits per heavy atom. The predicted molar refractivity (Wildman–Crippen MR) is 58.3 cm³/mol. The summed E-state index contributed by atoms with van der Waals surface area (Å²) in [6.45, 7) is 0. The average Bonchev–Trinajstić information content (AvgIpc) is 2.35. The van der Waals surface area contributed by atoms with Crippen LogP contribution in [0.2, 0.25) is 0 Å². The van der Waals surface area contributed by atoms with Crippen LogP contribution in [0.5, 0.6) is 0 Å². The molecule has 0 aromatic heterocycles. The van der Waals surface area contributed by atoms with Crippen molar-refractivity contribution in [2.75, 3.05) is 0 Å². The van der Waals surface area contributed by atoms with Gasteiger partial charge in [0.2, 0.25) is 0 Å². The molecule has 16 heavy (non-hydrogen) atoms. The Labute approximate surface area is 93.8 Å². The molecule has 1 aromatic carbocycles. The van der Waals surface area contributed by atoms with Gasteiger partial charge in [-0.1, -0.05) is 36.1 Å². The third kappa shape index (κ3) is 2.86. The first-order valence-corrected chi connectivity index (χ1v) is 4.54. The van der Waals surface area contributed by atoms with Crippen LogP contribution >= 0.6 is 0 Å². The van der Waals surface area contributed by atoms with Crippen LogP contribution in [0.1, 0.15) is 12.0 Å². The Morgan fingerprint density at radius 1 is 1.00 bits per heavy atom. The van der Waals surface area contributed by atoms with E-state index in [1.165, 1.54) is 0 Å². The molecule has 74 valence electrons. The highest BCUT2D eigenvalue weighted by atomic mass is 14.3. The molecule has 0 unspecified atom stereocenters. The van der Waals surface area contributed by atoms with Crippen LogP contribution in [-0.4, -0.2) is 0 Å². The van der Waals surface area contributed by atoms with Crippen LogP contribution in [0.3, 0.4) is 0 Å². The fourth-order valence-corrected chi connectivity index (χ4v) is 1.17. The van der Waals surface area contributed by atoms with Gasteiger partial charge >= 0.3 is 0 Å². The van der Waals surface area contributed by atoms with Crippen LogP contribution in [-0.2, 0) is 0 Å². The first-order valence-electron chi connectivity index (χ1n) is 4.54. The molecule has 0 aliphatic heterocycles.